The smallest absolute Gasteiger partial charge is 0.272 e. The first-order chi connectivity index (χ1) is 23.2. The molecule has 5 amide bonds. The average Bonchev–Trinajstić information content (AvgIpc) is 3.77. The number of rotatable bonds is 14. The first kappa shape index (κ1) is 38.2. The minimum atomic E-state index is -1.41. The van der Waals surface area contributed by atoms with Gasteiger partial charge in [0, 0.05) is 25.0 Å². The number of nitrogens with zero attached hydrogens (tertiary/aromatic N) is 3. The number of hydrogen-bond acceptors (Lipinski definition) is 8. The fourth-order valence-electron chi connectivity index (χ4n) is 7.23. The van der Waals surface area contributed by atoms with Crippen LogP contribution in [0.1, 0.15) is 116 Å². The molecule has 2 heterocycles. The second-order valence-corrected chi connectivity index (χ2v) is 15.6. The van der Waals surface area contributed by atoms with Gasteiger partial charge in [-0.15, -0.1) is 0 Å². The number of amides is 5. The van der Waals surface area contributed by atoms with Crippen LogP contribution in [0.2, 0.25) is 0 Å². The zero-order valence-corrected chi connectivity index (χ0v) is 30.0. The number of hydrogen-bond donors (Lipinski definition) is 5. The lowest BCUT2D eigenvalue weighted by molar-refractivity contribution is -0.146. The molecule has 2 saturated carbocycles. The van der Waals surface area contributed by atoms with Crippen LogP contribution in [0.5, 0.6) is 0 Å². The molecule has 4 rings (SSSR count). The third kappa shape index (κ3) is 9.98. The van der Waals surface area contributed by atoms with E-state index in [-0.39, 0.29) is 35.4 Å². The van der Waals surface area contributed by atoms with E-state index in [2.05, 4.69) is 31.2 Å². The molecule has 0 spiro atoms. The van der Waals surface area contributed by atoms with Crippen molar-refractivity contribution < 1.29 is 29.1 Å². The highest BCUT2D eigenvalue weighted by Gasteiger charge is 2.48. The summed E-state index contributed by atoms with van der Waals surface area (Å²) in [6, 6.07) is -3.48. The van der Waals surface area contributed by atoms with Crippen molar-refractivity contribution in [1.82, 2.24) is 36.1 Å². The molecule has 1 aliphatic heterocycles. The van der Waals surface area contributed by atoms with Gasteiger partial charge in [-0.05, 0) is 61.7 Å². The lowest BCUT2D eigenvalue weighted by Crippen LogP contribution is -2.62. The predicted molar refractivity (Wildman–Crippen MR) is 184 cm³/mol. The summed E-state index contributed by atoms with van der Waals surface area (Å²) >= 11 is 0. The van der Waals surface area contributed by atoms with Crippen LogP contribution in [0.15, 0.2) is 18.6 Å². The van der Waals surface area contributed by atoms with E-state index in [9.17, 15) is 29.1 Å². The molecule has 272 valence electrons. The minimum Gasteiger partial charge on any atom is -0.381 e. The van der Waals surface area contributed by atoms with Crippen LogP contribution in [0.3, 0.4) is 0 Å². The van der Waals surface area contributed by atoms with Gasteiger partial charge in [-0.25, -0.2) is 4.98 Å². The number of aliphatic hydroxyl groups excluding tert-OH is 1. The molecule has 3 fully saturated rings. The van der Waals surface area contributed by atoms with Crippen molar-refractivity contribution in [3.63, 3.8) is 0 Å². The second-order valence-electron chi connectivity index (χ2n) is 15.6. The Bertz CT molecular complexity index is 1310. The lowest BCUT2D eigenvalue weighted by atomic mass is 9.82. The molecule has 2 unspecified atom stereocenters. The Labute approximate surface area is 290 Å². The van der Waals surface area contributed by atoms with Crippen molar-refractivity contribution in [3.8, 4) is 0 Å². The molecule has 0 aromatic carbocycles. The molecular weight excluding hydrogens is 626 g/mol. The van der Waals surface area contributed by atoms with Crippen LogP contribution in [-0.4, -0.2) is 92.4 Å². The second kappa shape index (κ2) is 16.9. The Morgan fingerprint density at radius 3 is 2.20 bits per heavy atom. The lowest BCUT2D eigenvalue weighted by Gasteiger charge is -2.38. The van der Waals surface area contributed by atoms with E-state index in [0.717, 1.165) is 44.9 Å². The maximum absolute atomic E-state index is 14.5. The molecule has 6 atom stereocenters. The van der Waals surface area contributed by atoms with Crippen LogP contribution in [0, 0.1) is 23.2 Å². The van der Waals surface area contributed by atoms with Gasteiger partial charge in [-0.2, -0.15) is 0 Å². The van der Waals surface area contributed by atoms with E-state index < -0.39 is 59.3 Å². The molecule has 3 aliphatic rings. The van der Waals surface area contributed by atoms with Gasteiger partial charge in [0.15, 0.2) is 6.10 Å². The van der Waals surface area contributed by atoms with Crippen molar-refractivity contribution in [2.45, 2.75) is 142 Å². The molecule has 0 radical (unpaired) electrons. The number of aliphatic hydroxyl groups is 1. The topological polar surface area (TPSA) is 183 Å². The first-order valence-electron chi connectivity index (χ1n) is 18.2. The summed E-state index contributed by atoms with van der Waals surface area (Å²) in [5.41, 5.74) is -0.640. The van der Waals surface area contributed by atoms with Gasteiger partial charge in [0.1, 0.15) is 23.8 Å². The summed E-state index contributed by atoms with van der Waals surface area (Å²) in [5, 5.41) is 22.6. The highest BCUT2D eigenvalue weighted by molar-refractivity contribution is 5.98. The van der Waals surface area contributed by atoms with Crippen molar-refractivity contribution in [2.24, 2.45) is 23.2 Å². The van der Waals surface area contributed by atoms with Crippen molar-refractivity contribution >= 4 is 29.5 Å². The maximum Gasteiger partial charge on any atom is 0.272 e. The summed E-state index contributed by atoms with van der Waals surface area (Å²) < 4.78 is 0. The van der Waals surface area contributed by atoms with Crippen LogP contribution in [0.25, 0.3) is 0 Å². The Morgan fingerprint density at radius 2 is 1.63 bits per heavy atom. The fourth-order valence-corrected chi connectivity index (χ4v) is 7.23. The van der Waals surface area contributed by atoms with Crippen LogP contribution in [-0.2, 0) is 19.2 Å². The number of aromatic nitrogens is 2. The highest BCUT2D eigenvalue weighted by atomic mass is 16.3. The van der Waals surface area contributed by atoms with Crippen LogP contribution < -0.4 is 21.3 Å². The zero-order valence-electron chi connectivity index (χ0n) is 30.0. The standard InChI is InChI=1S/C36H57N7O6/c1-7-11-25(29(44)34(48)39-23-14-15-23)40-33(47)28-24(21(2)3)16-19-43(28)35(49)30(36(4,5)6)42-32(46)27(22-12-9-8-10-13-22)41-31(45)26-20-37-17-18-38-26/h17-18,20-25,27-30,44H,7-16,19H2,1-6H3,(H,39,48)(H,40,47)(H,41,45)(H,42,46)/t24-,25+,27?,28+,29?,30-/m1/s1. The Morgan fingerprint density at radius 1 is 0.939 bits per heavy atom. The van der Waals surface area contributed by atoms with E-state index in [4.69, 9.17) is 0 Å². The van der Waals surface area contributed by atoms with Gasteiger partial charge in [-0.1, -0.05) is 67.2 Å². The summed E-state index contributed by atoms with van der Waals surface area (Å²) in [7, 11) is 0. The Kier molecular flexibility index (Phi) is 13.1. The summed E-state index contributed by atoms with van der Waals surface area (Å²) in [5.74, 6) is -2.48. The van der Waals surface area contributed by atoms with Gasteiger partial charge < -0.3 is 31.3 Å². The molecule has 0 bridgehead atoms. The maximum atomic E-state index is 14.5. The van der Waals surface area contributed by atoms with Gasteiger partial charge >= 0.3 is 0 Å². The van der Waals surface area contributed by atoms with E-state index in [1.807, 2.05) is 41.5 Å². The number of carbonyl (C=O) groups is 5. The summed E-state index contributed by atoms with van der Waals surface area (Å²) in [4.78, 5) is 78.3. The molecule has 13 heteroatoms. The molecule has 13 nitrogen and oxygen atoms in total. The average molecular weight is 684 g/mol. The molecule has 49 heavy (non-hydrogen) atoms. The van der Waals surface area contributed by atoms with E-state index in [1.54, 1.807) is 4.90 Å². The van der Waals surface area contributed by atoms with Crippen molar-refractivity contribution in [1.29, 1.82) is 0 Å². The van der Waals surface area contributed by atoms with Crippen LogP contribution >= 0.6 is 0 Å². The molecule has 1 aromatic rings. The van der Waals surface area contributed by atoms with E-state index in [1.165, 1.54) is 18.6 Å². The van der Waals surface area contributed by atoms with Crippen molar-refractivity contribution in [3.05, 3.63) is 24.3 Å². The van der Waals surface area contributed by atoms with Gasteiger partial charge in [0.2, 0.25) is 17.7 Å². The van der Waals surface area contributed by atoms with Gasteiger partial charge in [0.25, 0.3) is 11.8 Å². The number of carbonyl (C=O) groups excluding carboxylic acids is 5. The first-order valence-corrected chi connectivity index (χ1v) is 18.2. The minimum absolute atomic E-state index is 0.0657. The fraction of sp³-hybridized carbons (Fsp3) is 0.750. The highest BCUT2D eigenvalue weighted by Crippen LogP contribution is 2.34. The van der Waals surface area contributed by atoms with Gasteiger partial charge in [0.05, 0.1) is 12.2 Å². The third-order valence-corrected chi connectivity index (χ3v) is 10.2. The zero-order chi connectivity index (χ0) is 35.9. The predicted octanol–water partition coefficient (Wildman–Crippen LogP) is 2.48. The summed E-state index contributed by atoms with van der Waals surface area (Å²) in [6.45, 7) is 11.8. The van der Waals surface area contributed by atoms with Crippen LogP contribution in [0.4, 0.5) is 0 Å². The summed E-state index contributed by atoms with van der Waals surface area (Å²) in [6.07, 6.45) is 10.6. The van der Waals surface area contributed by atoms with Crippen molar-refractivity contribution in [2.75, 3.05) is 6.54 Å². The number of nitrogens with one attached hydrogen (secondary N) is 4. The molecule has 1 aromatic heterocycles. The molecule has 2 aliphatic carbocycles. The van der Waals surface area contributed by atoms with E-state index in [0.29, 0.717) is 25.8 Å². The monoisotopic (exact) mass is 683 g/mol. The molecule has 5 N–H and O–H groups in total. The quantitative estimate of drug-likeness (QED) is 0.198. The largest absolute Gasteiger partial charge is 0.381 e. The number of likely N-dealkylation sites (tertiary alicyclic amines) is 1. The Hall–Kier alpha value is -3.61. The third-order valence-electron chi connectivity index (χ3n) is 10.2. The molecular formula is C36H57N7O6. The SMILES string of the molecule is CCC[C@H](NC(=O)[C@@H]1[C@@H](C(C)C)CCN1C(=O)[C@@H](NC(=O)C(NC(=O)c1cnccn1)C1CCCCC1)C(C)(C)C)C(O)C(=O)NC1CC1. The Balaban J connectivity index is 1.56. The molecule has 1 saturated heterocycles. The van der Waals surface area contributed by atoms with Gasteiger partial charge in [-0.3, -0.25) is 29.0 Å². The van der Waals surface area contributed by atoms with E-state index >= 15 is 0 Å². The normalized spacial score (nSPS) is 22.5.